The molecule has 1 aliphatic heterocycles. The Morgan fingerprint density at radius 1 is 1.58 bits per heavy atom. The fourth-order valence-electron chi connectivity index (χ4n) is 2.44. The van der Waals surface area contributed by atoms with Crippen LogP contribution in [-0.4, -0.2) is 32.0 Å². The van der Waals surface area contributed by atoms with E-state index in [1.54, 1.807) is 18.2 Å². The third kappa shape index (κ3) is 2.96. The van der Waals surface area contributed by atoms with E-state index in [9.17, 15) is 4.79 Å². The van der Waals surface area contributed by atoms with Crippen LogP contribution in [0.4, 0.5) is 5.69 Å². The van der Waals surface area contributed by atoms with Crippen molar-refractivity contribution in [3.05, 3.63) is 35.8 Å². The smallest absolute Gasteiger partial charge is 0.216 e. The van der Waals surface area contributed by atoms with Crippen molar-refractivity contribution in [2.45, 2.75) is 32.3 Å². The van der Waals surface area contributed by atoms with Crippen molar-refractivity contribution in [2.24, 2.45) is 0 Å². The third-order valence-corrected chi connectivity index (χ3v) is 4.01. The normalized spacial score (nSPS) is 20.0. The van der Waals surface area contributed by atoms with E-state index in [-0.39, 0.29) is 17.2 Å². The van der Waals surface area contributed by atoms with Gasteiger partial charge in [0, 0.05) is 11.9 Å². The number of fused-ring (bicyclic) bond motifs is 1. The molecule has 2 aromatic rings. The minimum Gasteiger partial charge on any atom is -0.486 e. The Morgan fingerprint density at radius 2 is 2.42 bits per heavy atom. The van der Waals surface area contributed by atoms with E-state index in [1.165, 1.54) is 6.20 Å². The highest BCUT2D eigenvalue weighted by atomic mass is 16.5. The zero-order valence-electron chi connectivity index (χ0n) is 13.3. The second-order valence-corrected chi connectivity index (χ2v) is 5.77. The predicted molar refractivity (Wildman–Crippen MR) is 86.1 cm³/mol. The minimum absolute atomic E-state index is 0.0481. The summed E-state index contributed by atoms with van der Waals surface area (Å²) in [5, 5.41) is 25.3. The Bertz CT molecular complexity index is 837. The number of aromatic amines is 1. The highest BCUT2D eigenvalue weighted by molar-refractivity contribution is 6.01. The van der Waals surface area contributed by atoms with E-state index in [0.29, 0.717) is 23.4 Å². The summed E-state index contributed by atoms with van der Waals surface area (Å²) >= 11 is 0. The number of benzene rings is 1. The molecule has 8 heteroatoms. The van der Waals surface area contributed by atoms with Crippen molar-refractivity contribution in [2.75, 3.05) is 5.32 Å². The van der Waals surface area contributed by atoms with Gasteiger partial charge in [0.05, 0.1) is 12.0 Å². The molecule has 0 saturated heterocycles. The lowest BCUT2D eigenvalue weighted by Gasteiger charge is -2.34. The van der Waals surface area contributed by atoms with Gasteiger partial charge in [-0.05, 0) is 36.8 Å². The van der Waals surface area contributed by atoms with E-state index in [2.05, 4.69) is 25.9 Å². The van der Waals surface area contributed by atoms with E-state index in [1.807, 2.05) is 19.9 Å². The molecule has 0 fully saturated rings. The van der Waals surface area contributed by atoms with Crippen molar-refractivity contribution in [1.82, 2.24) is 20.6 Å². The zero-order valence-corrected chi connectivity index (χ0v) is 13.3. The molecule has 1 unspecified atom stereocenters. The van der Waals surface area contributed by atoms with E-state index in [4.69, 9.17) is 10.00 Å². The standard InChI is InChI=1S/C16H16N6O2/c1-3-16(2)7-13(23)12-6-11(4-5-14(12)24-16)18-9-10(8-17)15-19-21-22-20-15/h4-6,9,18H,3,7H2,1-2H3,(H,19,20,21,22). The molecule has 1 aromatic heterocycles. The van der Waals surface area contributed by atoms with Crippen LogP contribution in [-0.2, 0) is 0 Å². The number of tetrazole rings is 1. The minimum atomic E-state index is -0.453. The fraction of sp³-hybridized carbons (Fsp3) is 0.312. The predicted octanol–water partition coefficient (Wildman–Crippen LogP) is 2.31. The molecule has 0 aliphatic carbocycles. The molecule has 0 spiro atoms. The van der Waals surface area contributed by atoms with Crippen LogP contribution < -0.4 is 10.1 Å². The lowest BCUT2D eigenvalue weighted by molar-refractivity contribution is 0.0499. The van der Waals surface area contributed by atoms with Crippen LogP contribution in [0.3, 0.4) is 0 Å². The molecule has 1 aliphatic rings. The monoisotopic (exact) mass is 324 g/mol. The molecule has 2 heterocycles. The van der Waals surface area contributed by atoms with Crippen LogP contribution in [0.15, 0.2) is 24.4 Å². The van der Waals surface area contributed by atoms with Crippen LogP contribution in [0.25, 0.3) is 5.57 Å². The topological polar surface area (TPSA) is 117 Å². The molecule has 24 heavy (non-hydrogen) atoms. The molecule has 0 amide bonds. The number of nitrogens with one attached hydrogen (secondary N) is 2. The molecule has 1 atom stereocenters. The number of carbonyl (C=O) groups is 1. The first-order chi connectivity index (χ1) is 11.5. The Labute approximate surface area is 138 Å². The number of allylic oxidation sites excluding steroid dienone is 1. The second kappa shape index (κ2) is 6.12. The first-order valence-electron chi connectivity index (χ1n) is 7.51. The lowest BCUT2D eigenvalue weighted by atomic mass is 9.89. The summed E-state index contributed by atoms with van der Waals surface area (Å²) in [6, 6.07) is 7.25. The van der Waals surface area contributed by atoms with E-state index < -0.39 is 5.60 Å². The summed E-state index contributed by atoms with van der Waals surface area (Å²) in [6.07, 6.45) is 2.58. The molecule has 2 N–H and O–H groups in total. The maximum Gasteiger partial charge on any atom is 0.216 e. The van der Waals surface area contributed by atoms with Crippen LogP contribution in [0, 0.1) is 11.3 Å². The number of aromatic nitrogens is 4. The Balaban J connectivity index is 1.84. The van der Waals surface area contributed by atoms with Gasteiger partial charge < -0.3 is 10.1 Å². The van der Waals surface area contributed by atoms with Crippen molar-refractivity contribution in [3.8, 4) is 11.8 Å². The van der Waals surface area contributed by atoms with Gasteiger partial charge in [0.1, 0.15) is 23.0 Å². The fourth-order valence-corrected chi connectivity index (χ4v) is 2.44. The van der Waals surface area contributed by atoms with Crippen molar-refractivity contribution >= 4 is 17.0 Å². The van der Waals surface area contributed by atoms with Gasteiger partial charge in [0.25, 0.3) is 0 Å². The van der Waals surface area contributed by atoms with Crippen molar-refractivity contribution in [3.63, 3.8) is 0 Å². The summed E-state index contributed by atoms with van der Waals surface area (Å²) < 4.78 is 5.95. The number of rotatable bonds is 4. The second-order valence-electron chi connectivity index (χ2n) is 5.77. The maximum absolute atomic E-state index is 12.4. The van der Waals surface area contributed by atoms with Crippen LogP contribution >= 0.6 is 0 Å². The number of ketones is 1. The maximum atomic E-state index is 12.4. The van der Waals surface area contributed by atoms with Gasteiger partial charge in [-0.25, -0.2) is 0 Å². The number of nitriles is 1. The summed E-state index contributed by atoms with van der Waals surface area (Å²) in [5.74, 6) is 0.830. The average molecular weight is 324 g/mol. The molecule has 3 rings (SSSR count). The largest absolute Gasteiger partial charge is 0.486 e. The molecule has 0 bridgehead atoms. The van der Waals surface area contributed by atoms with Crippen LogP contribution in [0.2, 0.25) is 0 Å². The first kappa shape index (κ1) is 15.7. The third-order valence-electron chi connectivity index (χ3n) is 4.01. The van der Waals surface area contributed by atoms with Gasteiger partial charge in [0.2, 0.25) is 5.82 Å². The molecule has 122 valence electrons. The number of hydrogen-bond donors (Lipinski definition) is 2. The van der Waals surface area contributed by atoms with Gasteiger partial charge in [0.15, 0.2) is 5.78 Å². The Hall–Kier alpha value is -3.21. The summed E-state index contributed by atoms with van der Waals surface area (Å²) in [5.41, 5.74) is 0.980. The molecular formula is C16H16N6O2. The highest BCUT2D eigenvalue weighted by Gasteiger charge is 2.35. The van der Waals surface area contributed by atoms with Gasteiger partial charge in [-0.3, -0.25) is 4.79 Å². The summed E-state index contributed by atoms with van der Waals surface area (Å²) in [6.45, 7) is 3.94. The van der Waals surface area contributed by atoms with Crippen LogP contribution in [0.1, 0.15) is 42.9 Å². The van der Waals surface area contributed by atoms with Gasteiger partial charge in [-0.1, -0.05) is 6.92 Å². The molecular weight excluding hydrogens is 308 g/mol. The SMILES string of the molecule is CCC1(C)CC(=O)c2cc(NC=C(C#N)c3nn[nH]n3)ccc2O1. The molecule has 8 nitrogen and oxygen atoms in total. The Morgan fingerprint density at radius 3 is 3.08 bits per heavy atom. The zero-order chi connectivity index (χ0) is 17.2. The van der Waals surface area contributed by atoms with Gasteiger partial charge >= 0.3 is 0 Å². The average Bonchev–Trinajstić information content (AvgIpc) is 3.10. The number of hydrogen-bond acceptors (Lipinski definition) is 7. The van der Waals surface area contributed by atoms with E-state index in [0.717, 1.165) is 6.42 Å². The molecule has 0 saturated carbocycles. The number of nitrogens with zero attached hydrogens (tertiary/aromatic N) is 4. The number of anilines is 1. The molecule has 0 radical (unpaired) electrons. The number of carbonyl (C=O) groups excluding carboxylic acids is 1. The molecule has 1 aromatic carbocycles. The number of ether oxygens (including phenoxy) is 1. The van der Waals surface area contributed by atoms with Gasteiger partial charge in [-0.15, -0.1) is 10.2 Å². The summed E-state index contributed by atoms with van der Waals surface area (Å²) in [7, 11) is 0. The highest BCUT2D eigenvalue weighted by Crippen LogP contribution is 2.36. The lowest BCUT2D eigenvalue weighted by Crippen LogP contribution is -2.38. The number of Topliss-reactive ketones (excluding diaryl/α,β-unsaturated/α-hetero) is 1. The Kier molecular flexibility index (Phi) is 4.00. The summed E-state index contributed by atoms with van der Waals surface area (Å²) in [4.78, 5) is 12.4. The number of H-pyrrole nitrogens is 1. The van der Waals surface area contributed by atoms with Crippen molar-refractivity contribution in [1.29, 1.82) is 5.26 Å². The quantitative estimate of drug-likeness (QED) is 0.829. The van der Waals surface area contributed by atoms with Crippen LogP contribution in [0.5, 0.6) is 5.75 Å². The van der Waals surface area contributed by atoms with Crippen molar-refractivity contribution < 1.29 is 9.53 Å². The van der Waals surface area contributed by atoms with Gasteiger partial charge in [-0.2, -0.15) is 10.5 Å². The first-order valence-corrected chi connectivity index (χ1v) is 7.51. The van der Waals surface area contributed by atoms with E-state index >= 15 is 0 Å².